The molecule has 1 saturated heterocycles. The van der Waals surface area contributed by atoms with Crippen molar-refractivity contribution in [3.63, 3.8) is 0 Å². The second-order valence-electron chi connectivity index (χ2n) is 7.38. The number of carbonyl (C=O) groups is 1. The van der Waals surface area contributed by atoms with Crippen LogP contribution in [-0.2, 0) is 14.8 Å². The van der Waals surface area contributed by atoms with Crippen molar-refractivity contribution in [1.29, 1.82) is 0 Å². The Labute approximate surface area is 187 Å². The molecule has 2 N–H and O–H groups in total. The Morgan fingerprint density at radius 2 is 2.00 bits per heavy atom. The Balaban J connectivity index is 2.28. The van der Waals surface area contributed by atoms with Crippen LogP contribution < -0.4 is 4.74 Å². The van der Waals surface area contributed by atoms with Crippen LogP contribution >= 0.6 is 11.8 Å². The minimum Gasteiger partial charge on any atom is -0.480 e. The number of aliphatic carboxylic acids is 1. The lowest BCUT2D eigenvalue weighted by molar-refractivity contribution is -0.142. The molecule has 1 aliphatic rings. The van der Waals surface area contributed by atoms with Crippen molar-refractivity contribution in [2.75, 3.05) is 12.3 Å². The van der Waals surface area contributed by atoms with E-state index >= 15 is 0 Å². The van der Waals surface area contributed by atoms with E-state index in [0.29, 0.717) is 17.3 Å². The summed E-state index contributed by atoms with van der Waals surface area (Å²) in [5, 5.41) is 18.9. The van der Waals surface area contributed by atoms with Crippen molar-refractivity contribution >= 4 is 34.0 Å². The topological polar surface area (TPSA) is 117 Å². The molecule has 1 fully saturated rings. The van der Waals surface area contributed by atoms with Crippen molar-refractivity contribution in [2.45, 2.75) is 49.6 Å². The van der Waals surface area contributed by atoms with Crippen LogP contribution in [0.5, 0.6) is 5.75 Å². The minimum atomic E-state index is -4.00. The van der Waals surface area contributed by atoms with Crippen LogP contribution in [0.4, 0.5) is 0 Å². The number of aliphatic hydroxyl groups is 1. The zero-order valence-electron chi connectivity index (χ0n) is 17.9. The van der Waals surface area contributed by atoms with Crippen molar-refractivity contribution in [3.05, 3.63) is 48.3 Å². The number of nitrogens with zero attached hydrogens (tertiary/aromatic N) is 2. The highest BCUT2D eigenvalue weighted by Crippen LogP contribution is 2.38. The predicted octanol–water partition coefficient (Wildman–Crippen LogP) is 2.90. The monoisotopic (exact) mass is 468 g/mol. The molecule has 0 aliphatic carbocycles. The van der Waals surface area contributed by atoms with Crippen molar-refractivity contribution in [2.24, 2.45) is 4.99 Å². The number of sulfonamides is 1. The molecule has 0 saturated carbocycles. The Morgan fingerprint density at radius 1 is 1.35 bits per heavy atom. The molecule has 0 aromatic heterocycles. The fraction of sp³-hybridized carbons (Fsp3) is 0.429. The second kappa shape index (κ2) is 10.4. The molecule has 2 atom stereocenters. The first kappa shape index (κ1) is 25.1. The van der Waals surface area contributed by atoms with Gasteiger partial charge >= 0.3 is 5.97 Å². The van der Waals surface area contributed by atoms with Crippen molar-refractivity contribution < 1.29 is 28.2 Å². The number of rotatable bonds is 8. The lowest BCUT2D eigenvalue weighted by atomic mass is 10.0. The van der Waals surface area contributed by atoms with Crippen LogP contribution in [0.15, 0.2) is 58.1 Å². The number of aliphatic hydroxyl groups excluding tert-OH is 1. The molecule has 0 amide bonds. The van der Waals surface area contributed by atoms with Crippen LogP contribution in [0.2, 0.25) is 0 Å². The van der Waals surface area contributed by atoms with E-state index < -0.39 is 33.0 Å². The van der Waals surface area contributed by atoms with Crippen LogP contribution in [0, 0.1) is 0 Å². The molecule has 0 bridgehead atoms. The quantitative estimate of drug-likeness (QED) is 0.342. The number of thioether (sulfide) groups is 1. The molecule has 2 unspecified atom stereocenters. The second-order valence-corrected chi connectivity index (χ2v) is 11.0. The van der Waals surface area contributed by atoms with Gasteiger partial charge in [0.1, 0.15) is 23.8 Å². The normalized spacial score (nSPS) is 21.5. The Hall–Kier alpha value is -2.14. The number of aliphatic imine (C=N–C) groups is 1. The van der Waals surface area contributed by atoms with Gasteiger partial charge in [-0.15, -0.1) is 0 Å². The Morgan fingerprint density at radius 3 is 2.55 bits per heavy atom. The van der Waals surface area contributed by atoms with E-state index in [1.165, 1.54) is 49.2 Å². The van der Waals surface area contributed by atoms with Gasteiger partial charge in [0.2, 0.25) is 10.0 Å². The van der Waals surface area contributed by atoms with Gasteiger partial charge in [-0.3, -0.25) is 9.79 Å². The molecule has 1 aromatic rings. The third-order valence-corrected chi connectivity index (χ3v) is 7.74. The van der Waals surface area contributed by atoms with Gasteiger partial charge in [0.15, 0.2) is 0 Å². The van der Waals surface area contributed by atoms with E-state index in [1.54, 1.807) is 32.1 Å². The molecular formula is C21H28N2O6S2. The number of carboxylic acid groups (broad SMARTS) is 1. The number of carboxylic acids is 1. The summed E-state index contributed by atoms with van der Waals surface area (Å²) in [4.78, 5) is 15.7. The van der Waals surface area contributed by atoms with Gasteiger partial charge in [-0.1, -0.05) is 6.08 Å². The van der Waals surface area contributed by atoms with Gasteiger partial charge in [-0.2, -0.15) is 16.1 Å². The van der Waals surface area contributed by atoms with E-state index in [-0.39, 0.29) is 11.4 Å². The lowest BCUT2D eigenvalue weighted by Gasteiger charge is -2.42. The van der Waals surface area contributed by atoms with Gasteiger partial charge in [0, 0.05) is 23.3 Å². The molecule has 0 radical (unpaired) electrons. The molecule has 10 heteroatoms. The van der Waals surface area contributed by atoms with Gasteiger partial charge < -0.3 is 14.9 Å². The molecular weight excluding hydrogens is 440 g/mol. The molecule has 1 aromatic carbocycles. The number of benzene rings is 1. The third-order valence-electron chi connectivity index (χ3n) is 4.50. The number of ether oxygens (including phenoxy) is 1. The molecule has 2 rings (SSSR count). The highest BCUT2D eigenvalue weighted by atomic mass is 32.2. The molecule has 170 valence electrons. The summed E-state index contributed by atoms with van der Waals surface area (Å²) in [5.41, 5.74) is 0. The van der Waals surface area contributed by atoms with E-state index in [0.717, 1.165) is 4.31 Å². The smallest absolute Gasteiger partial charge is 0.323 e. The molecule has 31 heavy (non-hydrogen) atoms. The number of allylic oxidation sites excluding steroid dienone is 3. The molecule has 8 nitrogen and oxygen atoms in total. The summed E-state index contributed by atoms with van der Waals surface area (Å²) >= 11 is 1.45. The summed E-state index contributed by atoms with van der Waals surface area (Å²) in [6, 6.07) is 4.65. The highest BCUT2D eigenvalue weighted by Gasteiger charge is 2.48. The summed E-state index contributed by atoms with van der Waals surface area (Å²) in [5.74, 6) is 0.199. The van der Waals surface area contributed by atoms with Crippen molar-refractivity contribution in [3.8, 4) is 5.75 Å². The van der Waals surface area contributed by atoms with Gasteiger partial charge in [0.25, 0.3) is 0 Å². The number of hydrogen-bond acceptors (Lipinski definition) is 7. The Kier molecular flexibility index (Phi) is 8.47. The number of hydrogen-bond donors (Lipinski definition) is 2. The van der Waals surface area contributed by atoms with Crippen LogP contribution in [0.25, 0.3) is 0 Å². The first-order valence-corrected chi connectivity index (χ1v) is 12.1. The SMILES string of the molecule is C\C=C/C(=C\C=N\C(C)O)Oc1ccc(S(=O)(=O)N2CCSC(C)(C)C2C(=O)O)cc1. The first-order valence-electron chi connectivity index (χ1n) is 9.70. The zero-order chi connectivity index (χ0) is 23.2. The average molecular weight is 469 g/mol. The standard InChI is InChI=1S/C21H28N2O6S2/c1-5-6-16(11-12-22-15(2)24)29-17-7-9-18(10-8-17)31(27,28)23-13-14-30-21(3,4)19(23)20(25)26/h5-12,15,19,24H,13-14H2,1-4H3,(H,25,26)/b6-5-,16-11+,22-12+. The summed E-state index contributed by atoms with van der Waals surface area (Å²) in [6.45, 7) is 6.95. The summed E-state index contributed by atoms with van der Waals surface area (Å²) < 4.78 is 32.4. The van der Waals surface area contributed by atoms with Gasteiger partial charge in [-0.05, 0) is 64.1 Å². The minimum absolute atomic E-state index is 0.000955. The molecule has 1 aliphatic heterocycles. The Bertz CT molecular complexity index is 966. The lowest BCUT2D eigenvalue weighted by Crippen LogP contribution is -2.58. The van der Waals surface area contributed by atoms with Crippen LogP contribution in [-0.4, -0.2) is 64.4 Å². The maximum absolute atomic E-state index is 13.2. The van der Waals surface area contributed by atoms with E-state index in [2.05, 4.69) is 4.99 Å². The fourth-order valence-corrected chi connectivity index (χ4v) is 6.21. The van der Waals surface area contributed by atoms with Crippen molar-refractivity contribution in [1.82, 2.24) is 4.31 Å². The maximum Gasteiger partial charge on any atom is 0.323 e. The molecule has 1 heterocycles. The maximum atomic E-state index is 13.2. The average Bonchev–Trinajstić information content (AvgIpc) is 2.67. The fourth-order valence-electron chi connectivity index (χ4n) is 3.11. The largest absolute Gasteiger partial charge is 0.480 e. The predicted molar refractivity (Wildman–Crippen MR) is 122 cm³/mol. The summed E-state index contributed by atoms with van der Waals surface area (Å²) in [7, 11) is -4.00. The highest BCUT2D eigenvalue weighted by molar-refractivity contribution is 8.00. The zero-order valence-corrected chi connectivity index (χ0v) is 19.6. The van der Waals surface area contributed by atoms with E-state index in [4.69, 9.17) is 4.74 Å². The van der Waals surface area contributed by atoms with E-state index in [9.17, 15) is 23.4 Å². The summed E-state index contributed by atoms with van der Waals surface area (Å²) in [6.07, 6.45) is 5.62. The molecule has 0 spiro atoms. The van der Waals surface area contributed by atoms with Gasteiger partial charge in [0.05, 0.1) is 4.90 Å². The third kappa shape index (κ3) is 6.42. The van der Waals surface area contributed by atoms with Crippen LogP contribution in [0.1, 0.15) is 27.7 Å². The van der Waals surface area contributed by atoms with E-state index in [1.807, 2.05) is 6.92 Å². The van der Waals surface area contributed by atoms with Gasteiger partial charge in [-0.25, -0.2) is 8.42 Å². The first-order chi connectivity index (χ1) is 14.5. The van der Waals surface area contributed by atoms with Crippen LogP contribution in [0.3, 0.4) is 0 Å².